The summed E-state index contributed by atoms with van der Waals surface area (Å²) in [6.45, 7) is 5.85. The summed E-state index contributed by atoms with van der Waals surface area (Å²) in [6.07, 6.45) is 4.52. The van der Waals surface area contributed by atoms with Crippen molar-refractivity contribution in [2.75, 3.05) is 0 Å². The van der Waals surface area contributed by atoms with Crippen LogP contribution in [0, 0.1) is 5.92 Å². The van der Waals surface area contributed by atoms with Gasteiger partial charge in [-0.05, 0) is 31.2 Å². The Balaban J connectivity index is 2.25. The lowest BCUT2D eigenvalue weighted by Crippen LogP contribution is -2.37. The van der Waals surface area contributed by atoms with Crippen LogP contribution in [0.5, 0.6) is 0 Å². The van der Waals surface area contributed by atoms with E-state index in [0.29, 0.717) is 11.7 Å². The minimum atomic E-state index is -3.52. The van der Waals surface area contributed by atoms with E-state index < -0.39 is 10.0 Å². The van der Waals surface area contributed by atoms with Crippen LogP contribution < -0.4 is 4.72 Å². The fraction of sp³-hybridized carbons (Fsp3) is 0.714. The average molecular weight is 300 g/mol. The Labute approximate surface area is 121 Å². The molecule has 1 saturated carbocycles. The number of sulfonamides is 1. The summed E-state index contributed by atoms with van der Waals surface area (Å²) in [7, 11) is -3.52. The molecular weight excluding hydrogens is 276 g/mol. The Morgan fingerprint density at radius 3 is 2.55 bits per heavy atom. The number of aliphatic hydroxyl groups excluding tert-OH is 1. The van der Waals surface area contributed by atoms with Crippen molar-refractivity contribution in [2.45, 2.75) is 63.6 Å². The molecule has 1 aromatic rings. The highest BCUT2D eigenvalue weighted by atomic mass is 32.2. The fourth-order valence-electron chi connectivity index (χ4n) is 2.42. The summed E-state index contributed by atoms with van der Waals surface area (Å²) in [5.74, 6) is 0.248. The van der Waals surface area contributed by atoms with Crippen molar-refractivity contribution >= 4 is 10.0 Å². The molecule has 0 aliphatic heterocycles. The number of nitrogens with one attached hydrogen (secondary N) is 1. The van der Waals surface area contributed by atoms with Gasteiger partial charge in [0.05, 0.1) is 11.5 Å². The van der Waals surface area contributed by atoms with Gasteiger partial charge < -0.3 is 9.67 Å². The number of hydrogen-bond donors (Lipinski definition) is 2. The third kappa shape index (κ3) is 3.24. The first-order chi connectivity index (χ1) is 9.39. The molecule has 0 spiro atoms. The topological polar surface area (TPSA) is 71.3 Å². The summed E-state index contributed by atoms with van der Waals surface area (Å²) in [5.41, 5.74) is 0.672. The smallest absolute Gasteiger partial charge is 0.242 e. The van der Waals surface area contributed by atoms with E-state index in [9.17, 15) is 13.5 Å². The number of hydrogen-bond acceptors (Lipinski definition) is 3. The van der Waals surface area contributed by atoms with Gasteiger partial charge in [0.25, 0.3) is 0 Å². The summed E-state index contributed by atoms with van der Waals surface area (Å²) in [6, 6.07) is 1.86. The van der Waals surface area contributed by atoms with Crippen molar-refractivity contribution < 1.29 is 13.5 Å². The zero-order chi connectivity index (χ0) is 14.9. The molecule has 1 aliphatic carbocycles. The number of nitrogens with zero attached hydrogens (tertiary/aromatic N) is 1. The molecule has 1 unspecified atom stereocenters. The van der Waals surface area contributed by atoms with Crippen LogP contribution in [0.3, 0.4) is 0 Å². The molecular formula is C14H24N2O3S. The first-order valence-electron chi connectivity index (χ1n) is 7.23. The molecule has 1 heterocycles. The lowest BCUT2D eigenvalue weighted by Gasteiger charge is -2.20. The van der Waals surface area contributed by atoms with E-state index in [1.54, 1.807) is 12.3 Å². The standard InChI is InChI=1S/C14H24N2O3S/c1-4-14(10(2)3)15-20(18,19)13-7-12(9-17)16(8-13)11-5-6-11/h7-8,10-11,14-15,17H,4-6,9H2,1-3H3. The van der Waals surface area contributed by atoms with Gasteiger partial charge in [-0.1, -0.05) is 20.8 Å². The van der Waals surface area contributed by atoms with Crippen LogP contribution in [-0.2, 0) is 16.6 Å². The maximum absolute atomic E-state index is 12.4. The lowest BCUT2D eigenvalue weighted by atomic mass is 10.0. The quantitative estimate of drug-likeness (QED) is 0.809. The number of aliphatic hydroxyl groups is 1. The lowest BCUT2D eigenvalue weighted by molar-refractivity contribution is 0.270. The van der Waals surface area contributed by atoms with Crippen LogP contribution in [0.4, 0.5) is 0 Å². The van der Waals surface area contributed by atoms with Crippen LogP contribution >= 0.6 is 0 Å². The molecule has 2 N–H and O–H groups in total. The highest BCUT2D eigenvalue weighted by molar-refractivity contribution is 7.89. The van der Waals surface area contributed by atoms with Gasteiger partial charge >= 0.3 is 0 Å². The zero-order valence-corrected chi connectivity index (χ0v) is 13.2. The van der Waals surface area contributed by atoms with Crippen LogP contribution in [0.1, 0.15) is 51.8 Å². The second kappa shape index (κ2) is 5.87. The molecule has 1 aliphatic rings. The van der Waals surface area contributed by atoms with Gasteiger partial charge in [0.2, 0.25) is 10.0 Å². The van der Waals surface area contributed by atoms with Gasteiger partial charge in [-0.15, -0.1) is 0 Å². The van der Waals surface area contributed by atoms with Gasteiger partial charge in [0, 0.05) is 24.0 Å². The maximum Gasteiger partial charge on any atom is 0.242 e. The third-order valence-electron chi connectivity index (χ3n) is 3.87. The van der Waals surface area contributed by atoms with Crippen LogP contribution in [-0.4, -0.2) is 24.1 Å². The van der Waals surface area contributed by atoms with Crippen molar-refractivity contribution in [1.82, 2.24) is 9.29 Å². The van der Waals surface area contributed by atoms with E-state index in [2.05, 4.69) is 4.72 Å². The monoisotopic (exact) mass is 300 g/mol. The molecule has 0 bridgehead atoms. The van der Waals surface area contributed by atoms with Crippen LogP contribution in [0.25, 0.3) is 0 Å². The molecule has 0 saturated heterocycles. The predicted molar refractivity (Wildman–Crippen MR) is 77.9 cm³/mol. The molecule has 0 aromatic carbocycles. The normalized spacial score (nSPS) is 17.6. The van der Waals surface area contributed by atoms with Gasteiger partial charge in [0.15, 0.2) is 0 Å². The van der Waals surface area contributed by atoms with E-state index in [1.165, 1.54) is 0 Å². The number of rotatable bonds is 7. The highest BCUT2D eigenvalue weighted by Crippen LogP contribution is 2.37. The van der Waals surface area contributed by atoms with Crippen molar-refractivity contribution in [3.63, 3.8) is 0 Å². The van der Waals surface area contributed by atoms with E-state index in [4.69, 9.17) is 0 Å². The Morgan fingerprint density at radius 1 is 1.45 bits per heavy atom. The second-order valence-electron chi connectivity index (χ2n) is 5.84. The summed E-state index contributed by atoms with van der Waals surface area (Å²) in [5, 5.41) is 9.35. The Bertz CT molecular complexity index is 559. The van der Waals surface area contributed by atoms with Crippen molar-refractivity contribution in [2.24, 2.45) is 5.92 Å². The Hall–Kier alpha value is -0.850. The number of aromatic nitrogens is 1. The van der Waals surface area contributed by atoms with Crippen molar-refractivity contribution in [1.29, 1.82) is 0 Å². The van der Waals surface area contributed by atoms with E-state index in [1.807, 2.05) is 25.3 Å². The summed E-state index contributed by atoms with van der Waals surface area (Å²) < 4.78 is 29.5. The minimum Gasteiger partial charge on any atom is -0.390 e. The van der Waals surface area contributed by atoms with E-state index in [0.717, 1.165) is 19.3 Å². The molecule has 1 aromatic heterocycles. The van der Waals surface area contributed by atoms with E-state index in [-0.39, 0.29) is 23.5 Å². The molecule has 1 atom stereocenters. The van der Waals surface area contributed by atoms with Crippen LogP contribution in [0.2, 0.25) is 0 Å². The Morgan fingerprint density at radius 2 is 2.10 bits per heavy atom. The molecule has 2 rings (SSSR count). The van der Waals surface area contributed by atoms with Crippen molar-refractivity contribution in [3.8, 4) is 0 Å². The average Bonchev–Trinajstić information content (AvgIpc) is 3.14. The first-order valence-corrected chi connectivity index (χ1v) is 8.71. The van der Waals surface area contributed by atoms with Gasteiger partial charge in [-0.2, -0.15) is 0 Å². The highest BCUT2D eigenvalue weighted by Gasteiger charge is 2.29. The fourth-order valence-corrected chi connectivity index (χ4v) is 3.94. The van der Waals surface area contributed by atoms with Crippen molar-refractivity contribution in [3.05, 3.63) is 18.0 Å². The minimum absolute atomic E-state index is 0.0677. The summed E-state index contributed by atoms with van der Waals surface area (Å²) >= 11 is 0. The van der Waals surface area contributed by atoms with E-state index >= 15 is 0 Å². The molecule has 5 nitrogen and oxygen atoms in total. The molecule has 0 radical (unpaired) electrons. The first kappa shape index (κ1) is 15.5. The Kier molecular flexibility index (Phi) is 4.56. The molecule has 0 amide bonds. The molecule has 114 valence electrons. The van der Waals surface area contributed by atoms with Crippen LogP contribution in [0.15, 0.2) is 17.2 Å². The largest absolute Gasteiger partial charge is 0.390 e. The van der Waals surface area contributed by atoms with Gasteiger partial charge in [0.1, 0.15) is 0 Å². The molecule has 6 heteroatoms. The van der Waals surface area contributed by atoms with Gasteiger partial charge in [-0.25, -0.2) is 13.1 Å². The molecule has 20 heavy (non-hydrogen) atoms. The maximum atomic E-state index is 12.4. The SMILES string of the molecule is CCC(NS(=O)(=O)c1cc(CO)n(C2CC2)c1)C(C)C. The zero-order valence-electron chi connectivity index (χ0n) is 12.3. The third-order valence-corrected chi connectivity index (χ3v) is 5.33. The molecule has 1 fully saturated rings. The summed E-state index contributed by atoms with van der Waals surface area (Å²) in [4.78, 5) is 0.257. The van der Waals surface area contributed by atoms with Gasteiger partial charge in [-0.3, -0.25) is 0 Å². The predicted octanol–water partition coefficient (Wildman–Crippen LogP) is 2.03. The second-order valence-corrected chi connectivity index (χ2v) is 7.56.